The average molecular weight is 308 g/mol. The lowest BCUT2D eigenvalue weighted by Gasteiger charge is -2.10. The molecule has 0 spiro atoms. The van der Waals surface area contributed by atoms with Gasteiger partial charge in [0, 0.05) is 0 Å². The van der Waals surface area contributed by atoms with Crippen LogP contribution in [0.3, 0.4) is 0 Å². The van der Waals surface area contributed by atoms with Crippen LogP contribution in [0.15, 0.2) is 21.9 Å². The lowest BCUT2D eigenvalue weighted by Crippen LogP contribution is -2.08. The van der Waals surface area contributed by atoms with E-state index in [0.29, 0.717) is 23.1 Å². The zero-order valence-corrected chi connectivity index (χ0v) is 12.5. The monoisotopic (exact) mass is 308 g/mol. The van der Waals surface area contributed by atoms with Gasteiger partial charge in [-0.25, -0.2) is 9.48 Å². The molecular formula is C13H16N4O3S. The highest BCUT2D eigenvalue weighted by molar-refractivity contribution is 7.98. The molecule has 2 aromatic heterocycles. The highest BCUT2D eigenvalue weighted by Crippen LogP contribution is 2.32. The number of thioether (sulfide) groups is 1. The Morgan fingerprint density at radius 3 is 3.10 bits per heavy atom. The van der Waals surface area contributed by atoms with Gasteiger partial charge < -0.3 is 9.15 Å². The fourth-order valence-corrected chi connectivity index (χ4v) is 3.43. The molecule has 2 aromatic rings. The van der Waals surface area contributed by atoms with Crippen molar-refractivity contribution in [1.29, 1.82) is 0 Å². The van der Waals surface area contributed by atoms with E-state index < -0.39 is 5.97 Å². The zero-order valence-electron chi connectivity index (χ0n) is 11.7. The molecule has 0 N–H and O–H groups in total. The number of carbonyl (C=O) groups is 1. The minimum Gasteiger partial charge on any atom is -0.468 e. The van der Waals surface area contributed by atoms with Gasteiger partial charge in [-0.3, -0.25) is 0 Å². The molecule has 2 heterocycles. The molecule has 0 saturated heterocycles. The third-order valence-corrected chi connectivity index (χ3v) is 4.55. The number of hydrogen-bond acceptors (Lipinski definition) is 7. The Kier molecular flexibility index (Phi) is 4.23. The van der Waals surface area contributed by atoms with Gasteiger partial charge in [0.2, 0.25) is 5.16 Å². The number of hydrogen-bond donors (Lipinski definition) is 0. The molecule has 0 radical (unpaired) electrons. The highest BCUT2D eigenvalue weighted by atomic mass is 32.2. The van der Waals surface area contributed by atoms with E-state index in [-0.39, 0.29) is 0 Å². The predicted octanol–water partition coefficient (Wildman–Crippen LogP) is 2.46. The highest BCUT2D eigenvalue weighted by Gasteiger charge is 2.22. The van der Waals surface area contributed by atoms with Gasteiger partial charge in [-0.2, -0.15) is 0 Å². The summed E-state index contributed by atoms with van der Waals surface area (Å²) in [5, 5.41) is 12.7. The standard InChI is InChI=1S/C13H16N4O3S/c1-19-12(18)10-6-7-20-11(10)8-21-13-14-15-16-17(13)9-4-2-3-5-9/h6-7,9H,2-5,8H2,1H3. The number of nitrogens with zero attached hydrogens (tertiary/aromatic N) is 4. The van der Waals surface area contributed by atoms with Crippen molar-refractivity contribution in [2.24, 2.45) is 0 Å². The van der Waals surface area contributed by atoms with E-state index in [9.17, 15) is 4.79 Å². The molecule has 0 amide bonds. The SMILES string of the molecule is COC(=O)c1ccoc1CSc1nnnn1C1CCCC1. The first-order valence-electron chi connectivity index (χ1n) is 6.85. The van der Waals surface area contributed by atoms with Crippen LogP contribution in [-0.4, -0.2) is 33.3 Å². The van der Waals surface area contributed by atoms with Crippen LogP contribution in [0, 0.1) is 0 Å². The Hall–Kier alpha value is -1.83. The van der Waals surface area contributed by atoms with Gasteiger partial charge in [0.25, 0.3) is 0 Å². The summed E-state index contributed by atoms with van der Waals surface area (Å²) in [6, 6.07) is 2.00. The second kappa shape index (κ2) is 6.30. The molecular weight excluding hydrogens is 292 g/mol. The Balaban J connectivity index is 1.70. The number of ether oxygens (including phenoxy) is 1. The van der Waals surface area contributed by atoms with E-state index >= 15 is 0 Å². The quantitative estimate of drug-likeness (QED) is 0.619. The molecule has 21 heavy (non-hydrogen) atoms. The van der Waals surface area contributed by atoms with E-state index in [0.717, 1.165) is 18.0 Å². The van der Waals surface area contributed by atoms with Crippen molar-refractivity contribution in [3.05, 3.63) is 23.7 Å². The van der Waals surface area contributed by atoms with Crippen LogP contribution in [0.25, 0.3) is 0 Å². The second-order valence-corrected chi connectivity index (χ2v) is 5.82. The minimum absolute atomic E-state index is 0.388. The maximum atomic E-state index is 11.6. The Labute approximate surface area is 126 Å². The Morgan fingerprint density at radius 2 is 2.33 bits per heavy atom. The van der Waals surface area contributed by atoms with Crippen molar-refractivity contribution in [3.63, 3.8) is 0 Å². The van der Waals surface area contributed by atoms with Crippen molar-refractivity contribution in [2.45, 2.75) is 42.6 Å². The Morgan fingerprint density at radius 1 is 1.52 bits per heavy atom. The molecule has 112 valence electrons. The summed E-state index contributed by atoms with van der Waals surface area (Å²) < 4.78 is 12.0. The van der Waals surface area contributed by atoms with Crippen LogP contribution < -0.4 is 0 Å². The molecule has 0 bridgehead atoms. The summed E-state index contributed by atoms with van der Waals surface area (Å²) in [7, 11) is 1.35. The van der Waals surface area contributed by atoms with Crippen molar-refractivity contribution in [1.82, 2.24) is 20.2 Å². The van der Waals surface area contributed by atoms with Gasteiger partial charge in [0.05, 0.1) is 25.2 Å². The van der Waals surface area contributed by atoms with Crippen LogP contribution in [0.1, 0.15) is 47.8 Å². The number of methoxy groups -OCH3 is 1. The van der Waals surface area contributed by atoms with Gasteiger partial charge in [-0.15, -0.1) is 5.10 Å². The van der Waals surface area contributed by atoms with Crippen LogP contribution >= 0.6 is 11.8 Å². The first kappa shape index (κ1) is 14.1. The van der Waals surface area contributed by atoms with Gasteiger partial charge in [-0.1, -0.05) is 24.6 Å². The van der Waals surface area contributed by atoms with Crippen molar-refractivity contribution >= 4 is 17.7 Å². The molecule has 1 saturated carbocycles. The van der Waals surface area contributed by atoms with Crippen molar-refractivity contribution < 1.29 is 13.9 Å². The van der Waals surface area contributed by atoms with Crippen molar-refractivity contribution in [2.75, 3.05) is 7.11 Å². The number of rotatable bonds is 5. The van der Waals surface area contributed by atoms with E-state index in [1.807, 2.05) is 4.68 Å². The van der Waals surface area contributed by atoms with Crippen LogP contribution in [0.5, 0.6) is 0 Å². The molecule has 7 nitrogen and oxygen atoms in total. The third kappa shape index (κ3) is 2.94. The molecule has 0 atom stereocenters. The first-order chi connectivity index (χ1) is 10.3. The maximum Gasteiger partial charge on any atom is 0.341 e. The van der Waals surface area contributed by atoms with E-state index in [2.05, 4.69) is 15.5 Å². The second-order valence-electron chi connectivity index (χ2n) is 4.88. The normalized spacial score (nSPS) is 15.5. The number of esters is 1. The van der Waals surface area contributed by atoms with Gasteiger partial charge in [-0.05, 0) is 29.3 Å². The molecule has 0 aromatic carbocycles. The molecule has 8 heteroatoms. The van der Waals surface area contributed by atoms with Crippen molar-refractivity contribution in [3.8, 4) is 0 Å². The lowest BCUT2D eigenvalue weighted by atomic mass is 10.3. The van der Waals surface area contributed by atoms with Crippen LogP contribution in [-0.2, 0) is 10.5 Å². The van der Waals surface area contributed by atoms with E-state index in [1.165, 1.54) is 38.0 Å². The molecule has 1 aliphatic rings. The van der Waals surface area contributed by atoms with E-state index in [1.54, 1.807) is 6.07 Å². The topological polar surface area (TPSA) is 83.0 Å². The predicted molar refractivity (Wildman–Crippen MR) is 74.9 cm³/mol. The smallest absolute Gasteiger partial charge is 0.341 e. The lowest BCUT2D eigenvalue weighted by molar-refractivity contribution is 0.0598. The van der Waals surface area contributed by atoms with Gasteiger partial charge >= 0.3 is 5.97 Å². The third-order valence-electron chi connectivity index (χ3n) is 3.62. The molecule has 1 aliphatic carbocycles. The first-order valence-corrected chi connectivity index (χ1v) is 7.83. The number of furan rings is 1. The molecule has 0 aliphatic heterocycles. The van der Waals surface area contributed by atoms with Crippen LogP contribution in [0.4, 0.5) is 0 Å². The summed E-state index contributed by atoms with van der Waals surface area (Å²) in [6.45, 7) is 0. The molecule has 0 unspecified atom stereocenters. The molecule has 1 fully saturated rings. The number of carbonyl (C=O) groups excluding carboxylic acids is 1. The largest absolute Gasteiger partial charge is 0.468 e. The summed E-state index contributed by atoms with van der Waals surface area (Å²) in [5.74, 6) is 0.674. The fourth-order valence-electron chi connectivity index (χ4n) is 2.53. The maximum absolute atomic E-state index is 11.6. The van der Waals surface area contributed by atoms with Gasteiger partial charge in [0.15, 0.2) is 0 Å². The fraction of sp³-hybridized carbons (Fsp3) is 0.538. The summed E-state index contributed by atoms with van der Waals surface area (Å²) >= 11 is 1.47. The van der Waals surface area contributed by atoms with E-state index in [4.69, 9.17) is 9.15 Å². The molecule has 3 rings (SSSR count). The number of tetrazole rings is 1. The summed E-state index contributed by atoms with van der Waals surface area (Å²) in [4.78, 5) is 11.6. The van der Waals surface area contributed by atoms with Crippen LogP contribution in [0.2, 0.25) is 0 Å². The number of aromatic nitrogens is 4. The Bertz CT molecular complexity index is 618. The summed E-state index contributed by atoms with van der Waals surface area (Å²) in [5.41, 5.74) is 0.449. The minimum atomic E-state index is -0.394. The zero-order chi connectivity index (χ0) is 14.7. The average Bonchev–Trinajstić information content (AvgIpc) is 3.22. The summed E-state index contributed by atoms with van der Waals surface area (Å²) in [6.07, 6.45) is 6.17. The van der Waals surface area contributed by atoms with Gasteiger partial charge in [0.1, 0.15) is 11.3 Å².